The lowest BCUT2D eigenvalue weighted by molar-refractivity contribution is -0.118. The SMILES string of the molecule is CC(C)(C)c1ccc(-c2nnc(SCC(=O)N/N=C/c3cccc(OCc4ccccc4)c3)n2-c2ccccc2)cc1. The average Bonchev–Trinajstić information content (AvgIpc) is 3.44. The number of nitrogens with one attached hydrogen (secondary N) is 1. The number of benzene rings is 4. The molecule has 4 aromatic carbocycles. The Morgan fingerprint density at radius 3 is 2.33 bits per heavy atom. The maximum Gasteiger partial charge on any atom is 0.250 e. The van der Waals surface area contributed by atoms with E-state index in [0.717, 1.165) is 34.0 Å². The van der Waals surface area contributed by atoms with Gasteiger partial charge in [0.05, 0.1) is 12.0 Å². The molecule has 0 aliphatic heterocycles. The van der Waals surface area contributed by atoms with Crippen LogP contribution in [0.15, 0.2) is 119 Å². The first-order chi connectivity index (χ1) is 20.4. The smallest absolute Gasteiger partial charge is 0.250 e. The van der Waals surface area contributed by atoms with Gasteiger partial charge in [0, 0.05) is 11.3 Å². The highest BCUT2D eigenvalue weighted by atomic mass is 32.2. The highest BCUT2D eigenvalue weighted by Crippen LogP contribution is 2.30. The van der Waals surface area contributed by atoms with E-state index < -0.39 is 0 Å². The summed E-state index contributed by atoms with van der Waals surface area (Å²) in [6.45, 7) is 7.05. The molecule has 8 heteroatoms. The van der Waals surface area contributed by atoms with Crippen molar-refractivity contribution in [2.45, 2.75) is 37.9 Å². The van der Waals surface area contributed by atoms with Crippen LogP contribution >= 0.6 is 11.8 Å². The van der Waals surface area contributed by atoms with Crippen LogP contribution in [0.3, 0.4) is 0 Å². The number of thioether (sulfide) groups is 1. The molecule has 0 atom stereocenters. The van der Waals surface area contributed by atoms with Crippen LogP contribution < -0.4 is 10.2 Å². The summed E-state index contributed by atoms with van der Waals surface area (Å²) >= 11 is 1.31. The zero-order valence-corrected chi connectivity index (χ0v) is 24.7. The Kier molecular flexibility index (Phi) is 9.14. The van der Waals surface area contributed by atoms with Crippen molar-refractivity contribution in [2.24, 2.45) is 5.10 Å². The summed E-state index contributed by atoms with van der Waals surface area (Å²) in [6.07, 6.45) is 1.60. The van der Waals surface area contributed by atoms with E-state index in [0.29, 0.717) is 11.8 Å². The normalized spacial score (nSPS) is 11.5. The molecule has 0 fully saturated rings. The third kappa shape index (κ3) is 7.53. The van der Waals surface area contributed by atoms with Gasteiger partial charge in [-0.15, -0.1) is 10.2 Å². The molecule has 212 valence electrons. The molecule has 42 heavy (non-hydrogen) atoms. The molecule has 0 radical (unpaired) electrons. The van der Waals surface area contributed by atoms with Crippen LogP contribution in [-0.4, -0.2) is 32.6 Å². The fourth-order valence-corrected chi connectivity index (χ4v) is 4.99. The monoisotopic (exact) mass is 575 g/mol. The summed E-state index contributed by atoms with van der Waals surface area (Å²) in [5, 5.41) is 13.7. The predicted octanol–water partition coefficient (Wildman–Crippen LogP) is 7.05. The summed E-state index contributed by atoms with van der Waals surface area (Å²) in [5.74, 6) is 1.34. The van der Waals surface area contributed by atoms with Crippen LogP contribution in [0.5, 0.6) is 5.75 Å². The third-order valence-electron chi connectivity index (χ3n) is 6.50. The van der Waals surface area contributed by atoms with Gasteiger partial charge in [0.25, 0.3) is 5.91 Å². The standard InChI is InChI=1S/C34H33N5O2S/c1-34(2,3)28-19-17-27(18-20-28)32-37-38-33(39(32)29-14-8-5-9-15-29)42-24-31(40)36-35-22-26-13-10-16-30(21-26)41-23-25-11-6-4-7-12-25/h4-22H,23-24H2,1-3H3,(H,36,40)/b35-22+. The molecule has 5 aromatic rings. The fraction of sp³-hybridized carbons (Fsp3) is 0.176. The van der Waals surface area contributed by atoms with Crippen molar-refractivity contribution in [3.63, 3.8) is 0 Å². The van der Waals surface area contributed by atoms with E-state index in [2.05, 4.69) is 65.8 Å². The maximum absolute atomic E-state index is 12.7. The fourth-order valence-electron chi connectivity index (χ4n) is 4.25. The van der Waals surface area contributed by atoms with Crippen LogP contribution in [0.25, 0.3) is 17.1 Å². The molecule has 1 aromatic heterocycles. The predicted molar refractivity (Wildman–Crippen MR) is 169 cm³/mol. The van der Waals surface area contributed by atoms with Crippen molar-refractivity contribution in [2.75, 3.05) is 5.75 Å². The van der Waals surface area contributed by atoms with Gasteiger partial charge >= 0.3 is 0 Å². The second kappa shape index (κ2) is 13.3. The van der Waals surface area contributed by atoms with Gasteiger partial charge < -0.3 is 4.74 Å². The second-order valence-corrected chi connectivity index (χ2v) is 11.7. The molecule has 0 aliphatic carbocycles. The van der Waals surface area contributed by atoms with Gasteiger partial charge in [0.2, 0.25) is 0 Å². The van der Waals surface area contributed by atoms with Crippen molar-refractivity contribution in [3.05, 3.63) is 126 Å². The molecule has 1 amide bonds. The van der Waals surface area contributed by atoms with Gasteiger partial charge in [-0.2, -0.15) is 5.10 Å². The van der Waals surface area contributed by atoms with Crippen molar-refractivity contribution in [1.29, 1.82) is 0 Å². The van der Waals surface area contributed by atoms with E-state index in [1.54, 1.807) is 6.21 Å². The van der Waals surface area contributed by atoms with Crippen LogP contribution in [0.2, 0.25) is 0 Å². The molecule has 0 bridgehead atoms. The van der Waals surface area contributed by atoms with Gasteiger partial charge in [0.1, 0.15) is 12.4 Å². The number of para-hydroxylation sites is 1. The largest absolute Gasteiger partial charge is 0.489 e. The van der Waals surface area contributed by atoms with E-state index in [1.165, 1.54) is 17.3 Å². The first-order valence-corrected chi connectivity index (χ1v) is 14.7. The number of hydrazone groups is 1. The van der Waals surface area contributed by atoms with Crippen LogP contribution in [-0.2, 0) is 16.8 Å². The molecule has 7 nitrogen and oxygen atoms in total. The molecular formula is C34H33N5O2S. The van der Waals surface area contributed by atoms with Gasteiger partial charge in [-0.3, -0.25) is 9.36 Å². The lowest BCUT2D eigenvalue weighted by Crippen LogP contribution is -2.20. The summed E-state index contributed by atoms with van der Waals surface area (Å²) in [5.41, 5.74) is 7.70. The van der Waals surface area contributed by atoms with Crippen molar-refractivity contribution < 1.29 is 9.53 Å². The number of ether oxygens (including phenoxy) is 1. The van der Waals surface area contributed by atoms with Gasteiger partial charge in [0.15, 0.2) is 11.0 Å². The minimum atomic E-state index is -0.244. The third-order valence-corrected chi connectivity index (χ3v) is 7.43. The van der Waals surface area contributed by atoms with Gasteiger partial charge in [-0.1, -0.05) is 117 Å². The molecule has 1 N–H and O–H groups in total. The molecular weight excluding hydrogens is 542 g/mol. The lowest BCUT2D eigenvalue weighted by atomic mass is 9.87. The summed E-state index contributed by atoms with van der Waals surface area (Å²) in [7, 11) is 0. The van der Waals surface area contributed by atoms with E-state index >= 15 is 0 Å². The summed E-state index contributed by atoms with van der Waals surface area (Å²) in [6, 6.07) is 35.9. The first kappa shape index (κ1) is 28.8. The number of hydrogen-bond donors (Lipinski definition) is 1. The first-order valence-electron chi connectivity index (χ1n) is 13.7. The number of aromatic nitrogens is 3. The van der Waals surface area contributed by atoms with Crippen LogP contribution in [0.4, 0.5) is 0 Å². The zero-order valence-electron chi connectivity index (χ0n) is 23.9. The molecule has 0 saturated carbocycles. The molecule has 0 aliphatic rings. The van der Waals surface area contributed by atoms with E-state index in [9.17, 15) is 4.79 Å². The Morgan fingerprint density at radius 2 is 1.62 bits per heavy atom. The Labute approximate surface area is 250 Å². The average molecular weight is 576 g/mol. The van der Waals surface area contributed by atoms with Crippen molar-refractivity contribution >= 4 is 23.9 Å². The van der Waals surface area contributed by atoms with Crippen molar-refractivity contribution in [1.82, 2.24) is 20.2 Å². The minimum Gasteiger partial charge on any atom is -0.489 e. The summed E-state index contributed by atoms with van der Waals surface area (Å²) in [4.78, 5) is 12.7. The minimum absolute atomic E-state index is 0.0570. The Bertz CT molecular complexity index is 1640. The Morgan fingerprint density at radius 1 is 0.905 bits per heavy atom. The van der Waals surface area contributed by atoms with E-state index in [4.69, 9.17) is 4.74 Å². The number of carbonyl (C=O) groups is 1. The molecule has 0 spiro atoms. The summed E-state index contributed by atoms with van der Waals surface area (Å²) < 4.78 is 7.86. The second-order valence-electron chi connectivity index (χ2n) is 10.7. The van der Waals surface area contributed by atoms with Crippen LogP contribution in [0.1, 0.15) is 37.5 Å². The topological polar surface area (TPSA) is 81.4 Å². The van der Waals surface area contributed by atoms with E-state index in [-0.39, 0.29) is 17.1 Å². The lowest BCUT2D eigenvalue weighted by Gasteiger charge is -2.19. The van der Waals surface area contributed by atoms with Gasteiger partial charge in [-0.05, 0) is 46.4 Å². The van der Waals surface area contributed by atoms with Crippen LogP contribution in [0, 0.1) is 0 Å². The Balaban J connectivity index is 1.23. The molecule has 0 saturated heterocycles. The number of carbonyl (C=O) groups excluding carboxylic acids is 1. The number of hydrogen-bond acceptors (Lipinski definition) is 6. The number of amides is 1. The maximum atomic E-state index is 12.7. The quantitative estimate of drug-likeness (QED) is 0.110. The highest BCUT2D eigenvalue weighted by Gasteiger charge is 2.19. The number of rotatable bonds is 10. The van der Waals surface area contributed by atoms with Crippen molar-refractivity contribution in [3.8, 4) is 22.8 Å². The Hall–Kier alpha value is -4.69. The zero-order chi connectivity index (χ0) is 29.4. The van der Waals surface area contributed by atoms with E-state index in [1.807, 2.05) is 89.5 Å². The van der Waals surface area contributed by atoms with Gasteiger partial charge in [-0.25, -0.2) is 5.43 Å². The highest BCUT2D eigenvalue weighted by molar-refractivity contribution is 7.99. The molecule has 1 heterocycles. The number of nitrogens with zero attached hydrogens (tertiary/aromatic N) is 4. The molecule has 5 rings (SSSR count). The molecule has 0 unspecified atom stereocenters.